The molecule has 0 saturated heterocycles. The molecule has 0 heterocycles. The highest BCUT2D eigenvalue weighted by Crippen LogP contribution is 2.17. The van der Waals surface area contributed by atoms with Crippen LogP contribution in [0.15, 0.2) is 29.2 Å². The van der Waals surface area contributed by atoms with E-state index < -0.39 is 19.9 Å². The van der Waals surface area contributed by atoms with Crippen molar-refractivity contribution in [3.63, 3.8) is 0 Å². The zero-order valence-electron chi connectivity index (χ0n) is 15.3. The number of sulfonamides is 1. The fourth-order valence-electron chi connectivity index (χ4n) is 2.19. The second kappa shape index (κ2) is 11.1. The predicted octanol–water partition coefficient (Wildman–Crippen LogP) is 1.57. The lowest BCUT2D eigenvalue weighted by Gasteiger charge is -2.19. The summed E-state index contributed by atoms with van der Waals surface area (Å²) in [4.78, 5) is 0.114. The van der Waals surface area contributed by atoms with Crippen LogP contribution in [0.5, 0.6) is 5.75 Å². The van der Waals surface area contributed by atoms with E-state index in [-0.39, 0.29) is 48.0 Å². The van der Waals surface area contributed by atoms with Gasteiger partial charge in [0.25, 0.3) is 0 Å². The average molecular weight is 429 g/mol. The summed E-state index contributed by atoms with van der Waals surface area (Å²) in [5, 5.41) is 0. The molecule has 0 aliphatic rings. The minimum Gasteiger partial charge on any atom is -0.493 e. The highest BCUT2D eigenvalue weighted by atomic mass is 35.5. The van der Waals surface area contributed by atoms with Crippen LogP contribution < -0.4 is 15.2 Å². The Balaban J connectivity index is 0.00000625. The van der Waals surface area contributed by atoms with Crippen LogP contribution in [-0.2, 0) is 19.9 Å². The van der Waals surface area contributed by atoms with E-state index in [0.717, 1.165) is 0 Å². The van der Waals surface area contributed by atoms with Gasteiger partial charge in [0.1, 0.15) is 12.4 Å². The van der Waals surface area contributed by atoms with Crippen LogP contribution in [0.3, 0.4) is 0 Å². The fraction of sp³-hybridized carbons (Fsp3) is 0.625. The maximum Gasteiger partial charge on any atom is 0.240 e. The first-order valence-corrected chi connectivity index (χ1v) is 11.6. The first-order chi connectivity index (χ1) is 11.6. The van der Waals surface area contributed by atoms with E-state index in [2.05, 4.69) is 4.72 Å². The predicted molar refractivity (Wildman–Crippen MR) is 106 cm³/mol. The number of halogens is 1. The van der Waals surface area contributed by atoms with Crippen LogP contribution in [-0.4, -0.2) is 47.5 Å². The molecule has 1 atom stereocenters. The molecular formula is C16H29ClN2O5S2. The Labute approximate surface area is 163 Å². The van der Waals surface area contributed by atoms with Gasteiger partial charge in [-0.1, -0.05) is 20.8 Å². The van der Waals surface area contributed by atoms with E-state index in [1.165, 1.54) is 24.3 Å². The van der Waals surface area contributed by atoms with E-state index in [1.54, 1.807) is 6.92 Å². The third-order valence-electron chi connectivity index (χ3n) is 3.60. The smallest absolute Gasteiger partial charge is 0.240 e. The van der Waals surface area contributed by atoms with Crippen molar-refractivity contribution in [2.24, 2.45) is 11.7 Å². The minimum absolute atomic E-state index is 0. The monoisotopic (exact) mass is 428 g/mol. The maximum atomic E-state index is 12.4. The van der Waals surface area contributed by atoms with Crippen molar-refractivity contribution in [3.05, 3.63) is 24.3 Å². The Morgan fingerprint density at radius 3 is 2.15 bits per heavy atom. The van der Waals surface area contributed by atoms with Crippen molar-refractivity contribution in [3.8, 4) is 5.75 Å². The number of benzene rings is 1. The topological polar surface area (TPSA) is 116 Å². The summed E-state index contributed by atoms with van der Waals surface area (Å²) in [6, 6.07) is 5.55. The molecule has 0 fully saturated rings. The molecule has 1 rings (SSSR count). The summed E-state index contributed by atoms with van der Waals surface area (Å²) in [5.74, 6) is 0.741. The van der Waals surface area contributed by atoms with Crippen molar-refractivity contribution >= 4 is 32.3 Å². The number of hydrogen-bond donors (Lipinski definition) is 2. The Morgan fingerprint density at radius 2 is 1.69 bits per heavy atom. The summed E-state index contributed by atoms with van der Waals surface area (Å²) in [7, 11) is -6.75. The largest absolute Gasteiger partial charge is 0.493 e. The van der Waals surface area contributed by atoms with Gasteiger partial charge in [0.2, 0.25) is 10.0 Å². The molecule has 7 nitrogen and oxygen atoms in total. The number of ether oxygens (including phenoxy) is 1. The molecule has 0 bridgehead atoms. The van der Waals surface area contributed by atoms with E-state index in [9.17, 15) is 16.8 Å². The molecule has 1 unspecified atom stereocenters. The summed E-state index contributed by atoms with van der Waals surface area (Å²) in [6.45, 7) is 5.84. The van der Waals surface area contributed by atoms with Crippen molar-refractivity contribution < 1.29 is 21.6 Å². The zero-order chi connectivity index (χ0) is 19.1. The second-order valence-electron chi connectivity index (χ2n) is 6.24. The van der Waals surface area contributed by atoms with Gasteiger partial charge in [0.05, 0.1) is 10.6 Å². The molecule has 10 heteroatoms. The Morgan fingerprint density at radius 1 is 1.12 bits per heavy atom. The van der Waals surface area contributed by atoms with Gasteiger partial charge in [-0.25, -0.2) is 21.6 Å². The quantitative estimate of drug-likeness (QED) is 0.552. The molecule has 1 aromatic carbocycles. The molecule has 0 amide bonds. The Kier molecular flexibility index (Phi) is 10.7. The van der Waals surface area contributed by atoms with Gasteiger partial charge in [-0.2, -0.15) is 0 Å². The normalized spacial score (nSPS) is 13.3. The third kappa shape index (κ3) is 8.68. The molecule has 0 aromatic heterocycles. The fourth-order valence-corrected chi connectivity index (χ4v) is 4.08. The Hall–Kier alpha value is -0.870. The number of hydrogen-bond acceptors (Lipinski definition) is 6. The van der Waals surface area contributed by atoms with Gasteiger partial charge in [-0.15, -0.1) is 12.4 Å². The average Bonchev–Trinajstić information content (AvgIpc) is 2.54. The lowest BCUT2D eigenvalue weighted by molar-refractivity contribution is 0.340. The highest BCUT2D eigenvalue weighted by molar-refractivity contribution is 7.91. The maximum absolute atomic E-state index is 12.4. The third-order valence-corrected chi connectivity index (χ3v) is 6.80. The van der Waals surface area contributed by atoms with Crippen LogP contribution in [0.1, 0.15) is 27.2 Å². The summed E-state index contributed by atoms with van der Waals surface area (Å²) in [5.41, 5.74) is 5.64. The van der Waals surface area contributed by atoms with Gasteiger partial charge < -0.3 is 10.5 Å². The number of rotatable bonds is 11. The molecule has 26 heavy (non-hydrogen) atoms. The van der Waals surface area contributed by atoms with E-state index >= 15 is 0 Å². The van der Waals surface area contributed by atoms with Crippen LogP contribution in [0, 0.1) is 5.92 Å². The van der Waals surface area contributed by atoms with Crippen LogP contribution in [0.2, 0.25) is 0 Å². The summed E-state index contributed by atoms with van der Waals surface area (Å²) in [6.07, 6.45) is 0.656. The van der Waals surface area contributed by atoms with Gasteiger partial charge >= 0.3 is 0 Å². The lowest BCUT2D eigenvalue weighted by atomic mass is 10.1. The van der Waals surface area contributed by atoms with Crippen LogP contribution >= 0.6 is 12.4 Å². The van der Waals surface area contributed by atoms with Gasteiger partial charge in [0.15, 0.2) is 9.84 Å². The SMILES string of the molecule is CCS(=O)(=O)CCOc1ccc(S(=O)(=O)NC(CN)CC(C)C)cc1.Cl. The number of nitrogens with two attached hydrogens (primary N) is 1. The van der Waals surface area contributed by atoms with Gasteiger partial charge in [-0.3, -0.25) is 0 Å². The summed E-state index contributed by atoms with van der Waals surface area (Å²) < 4.78 is 55.6. The number of sulfone groups is 1. The van der Waals surface area contributed by atoms with Gasteiger partial charge in [0, 0.05) is 18.3 Å². The highest BCUT2D eigenvalue weighted by Gasteiger charge is 2.20. The Bertz CT molecular complexity index is 734. The van der Waals surface area contributed by atoms with Crippen molar-refractivity contribution in [1.29, 1.82) is 0 Å². The van der Waals surface area contributed by atoms with Crippen molar-refractivity contribution in [2.75, 3.05) is 24.7 Å². The molecule has 0 aliphatic carbocycles. The second-order valence-corrected chi connectivity index (χ2v) is 10.4. The van der Waals surface area contributed by atoms with E-state index in [0.29, 0.717) is 18.1 Å². The standard InChI is InChI=1S/C16H28N2O5S2.ClH/c1-4-24(19,20)10-9-23-15-5-7-16(8-6-15)25(21,22)18-14(12-17)11-13(2)3;/h5-8,13-14,18H,4,9-12,17H2,1-3H3;1H. The molecule has 0 saturated carbocycles. The van der Waals surface area contributed by atoms with Crippen LogP contribution in [0.25, 0.3) is 0 Å². The molecule has 152 valence electrons. The first kappa shape index (κ1) is 25.1. The molecule has 1 aromatic rings. The lowest BCUT2D eigenvalue weighted by Crippen LogP contribution is -2.40. The van der Waals surface area contributed by atoms with Crippen LogP contribution in [0.4, 0.5) is 0 Å². The molecule has 3 N–H and O–H groups in total. The number of nitrogens with one attached hydrogen (secondary N) is 1. The van der Waals surface area contributed by atoms with E-state index in [4.69, 9.17) is 10.5 Å². The zero-order valence-corrected chi connectivity index (χ0v) is 17.8. The van der Waals surface area contributed by atoms with Gasteiger partial charge in [-0.05, 0) is 36.6 Å². The summed E-state index contributed by atoms with van der Waals surface area (Å²) >= 11 is 0. The molecule has 0 spiro atoms. The first-order valence-electron chi connectivity index (χ1n) is 8.25. The minimum atomic E-state index is -3.66. The van der Waals surface area contributed by atoms with Crippen molar-refractivity contribution in [2.45, 2.75) is 38.1 Å². The molecular weight excluding hydrogens is 400 g/mol. The van der Waals surface area contributed by atoms with Crippen molar-refractivity contribution in [1.82, 2.24) is 4.72 Å². The van der Waals surface area contributed by atoms with E-state index in [1.807, 2.05) is 13.8 Å². The molecule has 0 radical (unpaired) electrons. The molecule has 0 aliphatic heterocycles.